The number of aromatic nitrogens is 2. The molecule has 3 aromatic rings. The van der Waals surface area contributed by atoms with Crippen molar-refractivity contribution in [3.05, 3.63) is 63.7 Å². The summed E-state index contributed by atoms with van der Waals surface area (Å²) in [4.78, 5) is 43.5. The molecule has 2 atom stereocenters. The predicted octanol–water partition coefficient (Wildman–Crippen LogP) is 2.97. The number of hydrogen-bond acceptors (Lipinski definition) is 5. The van der Waals surface area contributed by atoms with Crippen LogP contribution in [0.4, 0.5) is 32.2 Å². The van der Waals surface area contributed by atoms with Gasteiger partial charge in [-0.2, -0.15) is 13.2 Å². The molecule has 1 aromatic carbocycles. The van der Waals surface area contributed by atoms with Crippen LogP contribution in [-0.2, 0) is 4.79 Å². The van der Waals surface area contributed by atoms with Gasteiger partial charge in [-0.3, -0.25) is 23.9 Å². The minimum Gasteiger partial charge on any atom is -0.391 e. The highest BCUT2D eigenvalue weighted by molar-refractivity contribution is 5.99. The number of nitrogens with zero attached hydrogens (tertiary/aromatic N) is 3. The van der Waals surface area contributed by atoms with Crippen molar-refractivity contribution in [2.75, 3.05) is 11.4 Å². The first-order chi connectivity index (χ1) is 17.8. The Morgan fingerprint density at radius 3 is 2.32 bits per heavy atom. The van der Waals surface area contributed by atoms with Crippen LogP contribution in [0.5, 0.6) is 0 Å². The standard InChI is InChI=1S/C24H18F6N4O4/c25-11-5-15(26)19(16(27)6-11)34-9-14(23(38)32-21(10-1-2-10)24(28,29)30)20(37)13-3-4-17(31-22(13)34)33-8-12(35)7-18(33)36/h3-6,9-10,12,21,35H,1-2,7-8H2,(H,32,38)/t12-,21-/m0/s1. The second-order valence-electron chi connectivity index (χ2n) is 9.19. The number of benzene rings is 1. The second kappa shape index (κ2) is 9.11. The number of aliphatic hydroxyl groups excluding tert-OH is 1. The summed E-state index contributed by atoms with van der Waals surface area (Å²) in [5.41, 5.74) is -3.37. The zero-order valence-corrected chi connectivity index (χ0v) is 19.2. The number of β-amino-alcohol motifs (C(OH)–C–C–N with tert-alkyl or cyclic N) is 1. The molecule has 0 spiro atoms. The smallest absolute Gasteiger partial charge is 0.391 e. The average molecular weight is 540 g/mol. The van der Waals surface area contributed by atoms with Crippen LogP contribution in [0.15, 0.2) is 35.3 Å². The molecular weight excluding hydrogens is 522 g/mol. The van der Waals surface area contributed by atoms with E-state index in [1.54, 1.807) is 5.32 Å². The van der Waals surface area contributed by atoms with E-state index in [1.807, 2.05) is 0 Å². The molecule has 1 aliphatic carbocycles. The normalized spacial score (nSPS) is 18.8. The molecule has 5 rings (SSSR count). The molecule has 0 radical (unpaired) electrons. The highest BCUT2D eigenvalue weighted by atomic mass is 19.4. The number of hydrogen-bond donors (Lipinski definition) is 2. The van der Waals surface area contributed by atoms with Crippen molar-refractivity contribution in [1.29, 1.82) is 0 Å². The number of carbonyl (C=O) groups excluding carboxylic acids is 2. The molecule has 1 saturated heterocycles. The third-order valence-corrected chi connectivity index (χ3v) is 6.42. The fraction of sp³-hybridized carbons (Fsp3) is 0.333. The fourth-order valence-corrected chi connectivity index (χ4v) is 4.47. The summed E-state index contributed by atoms with van der Waals surface area (Å²) in [7, 11) is 0. The minimum absolute atomic E-state index is 0.0989. The highest BCUT2D eigenvalue weighted by Crippen LogP contribution is 2.40. The van der Waals surface area contributed by atoms with E-state index in [1.165, 1.54) is 6.07 Å². The molecule has 2 aromatic heterocycles. The molecule has 2 fully saturated rings. The first-order valence-corrected chi connectivity index (χ1v) is 11.4. The maximum Gasteiger partial charge on any atom is 0.408 e. The van der Waals surface area contributed by atoms with Gasteiger partial charge in [-0.05, 0) is 30.9 Å². The lowest BCUT2D eigenvalue weighted by Gasteiger charge is -2.22. The molecule has 38 heavy (non-hydrogen) atoms. The van der Waals surface area contributed by atoms with Crippen LogP contribution < -0.4 is 15.6 Å². The number of rotatable bonds is 5. The summed E-state index contributed by atoms with van der Waals surface area (Å²) in [6.07, 6.45) is -4.96. The van der Waals surface area contributed by atoms with Crippen LogP contribution >= 0.6 is 0 Å². The molecule has 1 saturated carbocycles. The van der Waals surface area contributed by atoms with Crippen molar-refractivity contribution in [3.63, 3.8) is 0 Å². The van der Waals surface area contributed by atoms with Gasteiger partial charge in [-0.25, -0.2) is 18.2 Å². The Bertz CT molecular complexity index is 1510. The Morgan fingerprint density at radius 2 is 1.76 bits per heavy atom. The number of amides is 2. The number of halogens is 6. The number of pyridine rings is 2. The number of fused-ring (bicyclic) bond motifs is 1. The summed E-state index contributed by atoms with van der Waals surface area (Å²) in [5.74, 6) is -7.09. The third kappa shape index (κ3) is 4.59. The molecule has 0 bridgehead atoms. The molecule has 2 amide bonds. The molecule has 2 aliphatic rings. The molecule has 14 heteroatoms. The van der Waals surface area contributed by atoms with E-state index < -0.39 is 81.2 Å². The van der Waals surface area contributed by atoms with Crippen LogP contribution in [0, 0.1) is 23.4 Å². The molecule has 2 N–H and O–H groups in total. The predicted molar refractivity (Wildman–Crippen MR) is 120 cm³/mol. The number of nitrogens with one attached hydrogen (secondary N) is 1. The van der Waals surface area contributed by atoms with Gasteiger partial charge in [0.2, 0.25) is 11.3 Å². The van der Waals surface area contributed by atoms with Gasteiger partial charge in [0.1, 0.15) is 28.9 Å². The molecule has 200 valence electrons. The Hall–Kier alpha value is -3.94. The zero-order chi connectivity index (χ0) is 27.5. The van der Waals surface area contributed by atoms with E-state index in [2.05, 4.69) is 4.98 Å². The first-order valence-electron chi connectivity index (χ1n) is 11.4. The van der Waals surface area contributed by atoms with Crippen molar-refractivity contribution < 1.29 is 41.0 Å². The molecule has 3 heterocycles. The maximum absolute atomic E-state index is 14.8. The fourth-order valence-electron chi connectivity index (χ4n) is 4.47. The third-order valence-electron chi connectivity index (χ3n) is 6.42. The minimum atomic E-state index is -4.80. The van der Waals surface area contributed by atoms with Gasteiger partial charge in [0, 0.05) is 18.3 Å². The second-order valence-corrected chi connectivity index (χ2v) is 9.19. The Kier molecular flexibility index (Phi) is 6.16. The topological polar surface area (TPSA) is 105 Å². The summed E-state index contributed by atoms with van der Waals surface area (Å²) >= 11 is 0. The van der Waals surface area contributed by atoms with E-state index in [9.17, 15) is 45.8 Å². The Morgan fingerprint density at radius 1 is 1.11 bits per heavy atom. The van der Waals surface area contributed by atoms with E-state index in [0.717, 1.165) is 11.0 Å². The molecule has 0 unspecified atom stereocenters. The van der Waals surface area contributed by atoms with E-state index in [-0.39, 0.29) is 31.6 Å². The zero-order valence-electron chi connectivity index (χ0n) is 19.2. The Balaban J connectivity index is 1.70. The van der Waals surface area contributed by atoms with Crippen molar-refractivity contribution in [3.8, 4) is 5.69 Å². The summed E-state index contributed by atoms with van der Waals surface area (Å²) < 4.78 is 84.3. The van der Waals surface area contributed by atoms with E-state index >= 15 is 0 Å². The molecule has 1 aliphatic heterocycles. The van der Waals surface area contributed by atoms with Crippen molar-refractivity contribution in [1.82, 2.24) is 14.9 Å². The Labute approximate surface area is 209 Å². The number of alkyl halides is 3. The van der Waals surface area contributed by atoms with E-state index in [4.69, 9.17) is 0 Å². The van der Waals surface area contributed by atoms with Gasteiger partial charge in [-0.15, -0.1) is 0 Å². The quantitative estimate of drug-likeness (QED) is 0.485. The molecule has 8 nitrogen and oxygen atoms in total. The number of carbonyl (C=O) groups is 2. The van der Waals surface area contributed by atoms with Gasteiger partial charge in [-0.1, -0.05) is 0 Å². The summed E-state index contributed by atoms with van der Waals surface area (Å²) in [6, 6.07) is 0.711. The van der Waals surface area contributed by atoms with Crippen molar-refractivity contribution in [2.45, 2.75) is 37.6 Å². The largest absolute Gasteiger partial charge is 0.408 e. The first kappa shape index (κ1) is 25.7. The highest BCUT2D eigenvalue weighted by Gasteiger charge is 2.50. The van der Waals surface area contributed by atoms with Crippen LogP contribution in [0.2, 0.25) is 0 Å². The van der Waals surface area contributed by atoms with Crippen molar-refractivity contribution in [2.24, 2.45) is 5.92 Å². The summed E-state index contributed by atoms with van der Waals surface area (Å²) in [5, 5.41) is 11.2. The maximum atomic E-state index is 14.8. The number of aliphatic hydroxyl groups is 1. The van der Waals surface area contributed by atoms with Crippen LogP contribution in [0.3, 0.4) is 0 Å². The lowest BCUT2D eigenvalue weighted by Crippen LogP contribution is -2.48. The average Bonchev–Trinajstić information content (AvgIpc) is 3.59. The lowest BCUT2D eigenvalue weighted by atomic mass is 10.1. The van der Waals surface area contributed by atoms with Crippen LogP contribution in [-0.4, -0.2) is 51.3 Å². The van der Waals surface area contributed by atoms with E-state index in [0.29, 0.717) is 22.9 Å². The van der Waals surface area contributed by atoms with Gasteiger partial charge >= 0.3 is 6.18 Å². The number of anilines is 1. The SMILES string of the molecule is O=C(N[C@@H](C1CC1)C(F)(F)F)c1cn(-c2c(F)cc(F)cc2F)c2nc(N3C[C@@H](O)CC3=O)ccc2c1=O. The van der Waals surface area contributed by atoms with Gasteiger partial charge in [0.15, 0.2) is 17.3 Å². The van der Waals surface area contributed by atoms with Crippen molar-refractivity contribution >= 4 is 28.7 Å². The van der Waals surface area contributed by atoms with Crippen LogP contribution in [0.1, 0.15) is 29.6 Å². The van der Waals surface area contributed by atoms with Gasteiger partial charge < -0.3 is 10.4 Å². The lowest BCUT2D eigenvalue weighted by molar-refractivity contribution is -0.158. The van der Waals surface area contributed by atoms with Gasteiger partial charge in [0.05, 0.1) is 24.5 Å². The van der Waals surface area contributed by atoms with Crippen LogP contribution in [0.25, 0.3) is 16.7 Å². The molecular formula is C24H18F6N4O4. The summed E-state index contributed by atoms with van der Waals surface area (Å²) in [6.45, 7) is -0.151. The monoisotopic (exact) mass is 540 g/mol. The van der Waals surface area contributed by atoms with Gasteiger partial charge in [0.25, 0.3) is 5.91 Å².